The van der Waals surface area contributed by atoms with Crippen LogP contribution >= 0.6 is 56.9 Å². The summed E-state index contributed by atoms with van der Waals surface area (Å²) < 4.78 is 2.37. The second-order valence-corrected chi connectivity index (χ2v) is 7.57. The van der Waals surface area contributed by atoms with Crippen LogP contribution in [0.4, 0.5) is 0 Å². The average Bonchev–Trinajstić information content (AvgIpc) is 2.44. The highest BCUT2D eigenvalue weighted by Crippen LogP contribution is 2.28. The predicted molar refractivity (Wildman–Crippen MR) is 102 cm³/mol. The predicted octanol–water partition coefficient (Wildman–Crippen LogP) is 5.79. The van der Waals surface area contributed by atoms with Crippen LogP contribution in [0.2, 0.25) is 0 Å². The molecule has 0 heterocycles. The maximum atomic E-state index is 2.42. The third-order valence-electron chi connectivity index (χ3n) is 2.85. The summed E-state index contributed by atoms with van der Waals surface area (Å²) in [7, 11) is 0. The first kappa shape index (κ1) is 15.6. The highest BCUT2D eigenvalue weighted by Gasteiger charge is 1.99. The minimum atomic E-state index is 1.16. The highest BCUT2D eigenvalue weighted by atomic mass is 127. The number of benzene rings is 2. The molecule has 0 saturated carbocycles. The molecule has 0 N–H and O–H groups in total. The van der Waals surface area contributed by atoms with E-state index < -0.39 is 0 Å². The Morgan fingerprint density at radius 1 is 0.632 bits per heavy atom. The van der Waals surface area contributed by atoms with Crippen LogP contribution in [0.1, 0.15) is 11.1 Å². The summed E-state index contributed by atoms with van der Waals surface area (Å²) in [6.07, 6.45) is 2.33. The molecule has 0 atom stereocenters. The van der Waals surface area contributed by atoms with E-state index in [0.29, 0.717) is 0 Å². The summed E-state index contributed by atoms with van der Waals surface area (Å²) in [5.41, 5.74) is 2.85. The van der Waals surface area contributed by atoms with Crippen molar-refractivity contribution < 1.29 is 0 Å². The number of aryl methyl sites for hydroxylation is 2. The van der Waals surface area contributed by atoms with Gasteiger partial charge in [0.15, 0.2) is 0 Å². The molecular formula is C16H16I2S. The fraction of sp³-hybridized carbons (Fsp3) is 0.250. The highest BCUT2D eigenvalue weighted by molar-refractivity contribution is 14.1. The molecule has 0 unspecified atom stereocenters. The molecule has 0 aliphatic carbocycles. The van der Waals surface area contributed by atoms with Gasteiger partial charge in [0.25, 0.3) is 0 Å². The molecule has 0 bridgehead atoms. The molecule has 0 aliphatic rings. The molecule has 0 fully saturated rings. The Morgan fingerprint density at radius 3 is 1.32 bits per heavy atom. The number of rotatable bonds is 6. The van der Waals surface area contributed by atoms with Crippen LogP contribution in [0.15, 0.2) is 58.3 Å². The van der Waals surface area contributed by atoms with Crippen molar-refractivity contribution in [3.8, 4) is 0 Å². The fourth-order valence-corrected chi connectivity index (χ4v) is 3.86. The maximum Gasteiger partial charge on any atom is 0.0122 e. The molecule has 0 nitrogen and oxygen atoms in total. The molecular weight excluding hydrogens is 478 g/mol. The van der Waals surface area contributed by atoms with Crippen molar-refractivity contribution in [1.82, 2.24) is 0 Å². The van der Waals surface area contributed by atoms with E-state index in [1.807, 2.05) is 11.8 Å². The summed E-state index contributed by atoms with van der Waals surface area (Å²) in [6.45, 7) is 0. The van der Waals surface area contributed by atoms with Crippen molar-refractivity contribution in [2.75, 3.05) is 8.86 Å². The second-order valence-electron chi connectivity index (χ2n) is 4.27. The van der Waals surface area contributed by atoms with Crippen molar-refractivity contribution in [2.24, 2.45) is 0 Å². The zero-order valence-electron chi connectivity index (χ0n) is 10.6. The van der Waals surface area contributed by atoms with Crippen molar-refractivity contribution >= 4 is 56.9 Å². The molecule has 0 saturated heterocycles. The van der Waals surface area contributed by atoms with Gasteiger partial charge in [-0.15, -0.1) is 0 Å². The van der Waals surface area contributed by atoms with E-state index in [9.17, 15) is 0 Å². The largest absolute Gasteiger partial charge is 0.0901 e. The third-order valence-corrected chi connectivity index (χ3v) is 4.94. The minimum absolute atomic E-state index is 1.16. The third kappa shape index (κ3) is 5.27. The van der Waals surface area contributed by atoms with Gasteiger partial charge in [-0.2, -0.15) is 0 Å². The molecule has 19 heavy (non-hydrogen) atoms. The van der Waals surface area contributed by atoms with E-state index in [2.05, 4.69) is 93.7 Å². The Morgan fingerprint density at radius 2 is 1.00 bits per heavy atom. The lowest BCUT2D eigenvalue weighted by atomic mass is 10.2. The van der Waals surface area contributed by atoms with Crippen LogP contribution in [-0.4, -0.2) is 8.86 Å². The van der Waals surface area contributed by atoms with Gasteiger partial charge in [-0.05, 0) is 48.2 Å². The quantitative estimate of drug-likeness (QED) is 0.362. The smallest absolute Gasteiger partial charge is 0.0122 e. The van der Waals surface area contributed by atoms with Gasteiger partial charge in [0.2, 0.25) is 0 Å². The van der Waals surface area contributed by atoms with Gasteiger partial charge >= 0.3 is 0 Å². The second kappa shape index (κ2) is 8.52. The van der Waals surface area contributed by atoms with E-state index >= 15 is 0 Å². The Labute approximate surface area is 147 Å². The van der Waals surface area contributed by atoms with Gasteiger partial charge in [0.05, 0.1) is 0 Å². The topological polar surface area (TPSA) is 0 Å². The van der Waals surface area contributed by atoms with E-state index in [1.165, 1.54) is 29.8 Å². The Balaban J connectivity index is 1.99. The first-order chi connectivity index (χ1) is 9.31. The van der Waals surface area contributed by atoms with Crippen LogP contribution < -0.4 is 0 Å². The van der Waals surface area contributed by atoms with E-state index in [4.69, 9.17) is 0 Å². The number of halogens is 2. The molecule has 2 aromatic carbocycles. The monoisotopic (exact) mass is 494 g/mol. The molecule has 3 heteroatoms. The van der Waals surface area contributed by atoms with E-state index in [0.717, 1.165) is 12.8 Å². The summed E-state index contributed by atoms with van der Waals surface area (Å²) in [4.78, 5) is 2.64. The van der Waals surface area contributed by atoms with Gasteiger partial charge in [-0.1, -0.05) is 81.2 Å². The molecule has 2 rings (SSSR count). The zero-order valence-corrected chi connectivity index (χ0v) is 15.7. The normalized spacial score (nSPS) is 10.6. The molecule has 0 spiro atoms. The van der Waals surface area contributed by atoms with Crippen LogP contribution in [-0.2, 0) is 12.8 Å². The minimum Gasteiger partial charge on any atom is -0.0901 e. The Kier molecular flexibility index (Phi) is 7.01. The van der Waals surface area contributed by atoms with Gasteiger partial charge in [0.1, 0.15) is 0 Å². The Hall–Kier alpha value is 0.250. The lowest BCUT2D eigenvalue weighted by molar-refractivity contribution is 1.16. The molecule has 2 aromatic rings. The van der Waals surface area contributed by atoms with Crippen molar-refractivity contribution in [3.63, 3.8) is 0 Å². The lowest BCUT2D eigenvalue weighted by Gasteiger charge is -2.04. The molecule has 100 valence electrons. The van der Waals surface area contributed by atoms with Crippen molar-refractivity contribution in [1.29, 1.82) is 0 Å². The SMILES string of the molecule is ICCc1ccc(Sc2ccc(CCI)cc2)cc1. The average molecular weight is 494 g/mol. The molecule has 0 radical (unpaired) electrons. The number of hydrogen-bond acceptors (Lipinski definition) is 1. The fourth-order valence-electron chi connectivity index (χ4n) is 1.80. The van der Waals surface area contributed by atoms with Crippen LogP contribution in [0.5, 0.6) is 0 Å². The van der Waals surface area contributed by atoms with Crippen LogP contribution in [0.25, 0.3) is 0 Å². The van der Waals surface area contributed by atoms with Gasteiger partial charge < -0.3 is 0 Å². The molecule has 0 aliphatic heterocycles. The van der Waals surface area contributed by atoms with Gasteiger partial charge in [-0.25, -0.2) is 0 Å². The number of alkyl halides is 2. The van der Waals surface area contributed by atoms with Crippen LogP contribution in [0.3, 0.4) is 0 Å². The molecule has 0 amide bonds. The first-order valence-corrected chi connectivity index (χ1v) is 10.2. The Bertz CT molecular complexity index is 444. The van der Waals surface area contributed by atoms with E-state index in [-0.39, 0.29) is 0 Å². The summed E-state index contributed by atoms with van der Waals surface area (Å²) in [5.74, 6) is 0. The zero-order chi connectivity index (χ0) is 13.5. The van der Waals surface area contributed by atoms with E-state index in [1.54, 1.807) is 0 Å². The maximum absolute atomic E-state index is 2.42. The van der Waals surface area contributed by atoms with Crippen LogP contribution in [0, 0.1) is 0 Å². The standard InChI is InChI=1S/C16H16I2S/c17-11-9-13-1-5-15(6-2-13)19-16-7-3-14(4-8-16)10-12-18/h1-8H,9-12H2. The summed E-state index contributed by atoms with van der Waals surface area (Å²) >= 11 is 6.68. The molecule has 0 aromatic heterocycles. The van der Waals surface area contributed by atoms with Gasteiger partial charge in [0, 0.05) is 18.6 Å². The van der Waals surface area contributed by atoms with Crippen molar-refractivity contribution in [2.45, 2.75) is 22.6 Å². The van der Waals surface area contributed by atoms with Gasteiger partial charge in [-0.3, -0.25) is 0 Å². The summed E-state index contributed by atoms with van der Waals surface area (Å²) in [5, 5.41) is 0. The first-order valence-electron chi connectivity index (χ1n) is 6.29. The van der Waals surface area contributed by atoms with Crippen molar-refractivity contribution in [3.05, 3.63) is 59.7 Å². The number of hydrogen-bond donors (Lipinski definition) is 0. The lowest BCUT2D eigenvalue weighted by Crippen LogP contribution is -1.85. The summed E-state index contributed by atoms with van der Waals surface area (Å²) in [6, 6.07) is 17.9.